The number of ether oxygens (including phenoxy) is 3. The van der Waals surface area contributed by atoms with Gasteiger partial charge in [-0.2, -0.15) is 0 Å². The summed E-state index contributed by atoms with van der Waals surface area (Å²) in [5, 5.41) is 15.1. The van der Waals surface area contributed by atoms with E-state index in [2.05, 4.69) is 5.32 Å². The van der Waals surface area contributed by atoms with Crippen LogP contribution >= 0.6 is 0 Å². The van der Waals surface area contributed by atoms with Crippen LogP contribution in [0.3, 0.4) is 0 Å². The number of nitrogens with one attached hydrogen (secondary N) is 1. The lowest BCUT2D eigenvalue weighted by molar-refractivity contribution is -0.384. The van der Waals surface area contributed by atoms with Crippen LogP contribution in [0.25, 0.3) is 10.8 Å². The highest BCUT2D eigenvalue weighted by Crippen LogP contribution is 2.33. The number of nitro benzene ring substituents is 1. The Morgan fingerprint density at radius 2 is 1.23 bits per heavy atom. The molecule has 5 amide bonds. The second-order valence-electron chi connectivity index (χ2n) is 15.7. The molecule has 0 saturated carbocycles. The molecule has 1 N–H and O–H groups in total. The molecule has 286 valence electrons. The number of carbonyl (C=O) groups excluding carboxylic acids is 5. The maximum absolute atomic E-state index is 13.5. The van der Waals surface area contributed by atoms with E-state index in [1.54, 1.807) is 85.4 Å². The second kappa shape index (κ2) is 17.0. The van der Waals surface area contributed by atoms with E-state index in [9.17, 15) is 34.1 Å². The van der Waals surface area contributed by atoms with E-state index in [4.69, 9.17) is 14.2 Å². The number of carbonyl (C=O) groups is 5. The lowest BCUT2D eigenvalue weighted by Crippen LogP contribution is -2.43. The van der Waals surface area contributed by atoms with Gasteiger partial charge in [0.1, 0.15) is 16.8 Å². The van der Waals surface area contributed by atoms with Crippen molar-refractivity contribution in [3.63, 3.8) is 0 Å². The normalized spacial score (nSPS) is 13.1. The van der Waals surface area contributed by atoms with E-state index < -0.39 is 51.8 Å². The third-order valence-corrected chi connectivity index (χ3v) is 7.62. The molecule has 0 unspecified atom stereocenters. The molecule has 0 fully saturated rings. The quantitative estimate of drug-likeness (QED) is 0.0707. The van der Waals surface area contributed by atoms with E-state index in [0.29, 0.717) is 49.7 Å². The van der Waals surface area contributed by atoms with E-state index >= 15 is 0 Å². The van der Waals surface area contributed by atoms with Gasteiger partial charge in [-0.1, -0.05) is 12.1 Å². The van der Waals surface area contributed by atoms with E-state index in [0.717, 1.165) is 4.90 Å². The topological polar surface area (TPSA) is 178 Å². The molecule has 52 heavy (non-hydrogen) atoms. The summed E-state index contributed by atoms with van der Waals surface area (Å²) in [6, 6.07) is 7.37. The molecule has 0 radical (unpaired) electrons. The van der Waals surface area contributed by atoms with Crippen LogP contribution in [0.5, 0.6) is 0 Å². The molecule has 1 aliphatic rings. The SMILES string of the molecule is CC(C)(C)OC(=O)NCCCN(CCCCN(CCCN1C(=O)c2cccc3cc([N+](=O)[O-])cc(c23)C1=O)C(=O)OC(C)(C)C)C(=O)OC(C)(C)C. The number of non-ortho nitro benzene ring substituents is 1. The molecule has 0 atom stereocenters. The van der Waals surface area contributed by atoms with Crippen molar-refractivity contribution in [3.05, 3.63) is 51.6 Å². The van der Waals surface area contributed by atoms with Gasteiger partial charge >= 0.3 is 18.3 Å². The molecule has 3 rings (SSSR count). The molecule has 0 aliphatic carbocycles. The van der Waals surface area contributed by atoms with Gasteiger partial charge in [0.05, 0.1) is 10.5 Å². The van der Waals surface area contributed by atoms with Crippen molar-refractivity contribution in [2.45, 2.75) is 105 Å². The molecule has 0 bridgehead atoms. The van der Waals surface area contributed by atoms with E-state index in [-0.39, 0.29) is 42.9 Å². The molecule has 15 heteroatoms. The van der Waals surface area contributed by atoms with Crippen LogP contribution in [0.2, 0.25) is 0 Å². The fourth-order valence-electron chi connectivity index (χ4n) is 5.49. The molecular formula is C37H53N5O10. The third-order valence-electron chi connectivity index (χ3n) is 7.62. The number of nitrogens with zero attached hydrogens (tertiary/aromatic N) is 4. The van der Waals surface area contributed by atoms with Gasteiger partial charge in [0.2, 0.25) is 0 Å². The van der Waals surface area contributed by atoms with Crippen molar-refractivity contribution in [3.8, 4) is 0 Å². The van der Waals surface area contributed by atoms with Crippen LogP contribution in [0, 0.1) is 10.1 Å². The Morgan fingerprint density at radius 1 is 0.731 bits per heavy atom. The van der Waals surface area contributed by atoms with Crippen molar-refractivity contribution in [1.82, 2.24) is 20.0 Å². The fourth-order valence-corrected chi connectivity index (χ4v) is 5.49. The molecule has 0 spiro atoms. The first-order valence-corrected chi connectivity index (χ1v) is 17.6. The van der Waals surface area contributed by atoms with E-state index in [1.165, 1.54) is 17.0 Å². The van der Waals surface area contributed by atoms with Crippen LogP contribution in [-0.2, 0) is 14.2 Å². The third kappa shape index (κ3) is 12.4. The van der Waals surface area contributed by atoms with Crippen LogP contribution < -0.4 is 5.32 Å². The molecule has 2 aromatic carbocycles. The number of unbranched alkanes of at least 4 members (excludes halogenated alkanes) is 1. The average molecular weight is 728 g/mol. The molecule has 0 aromatic heterocycles. The summed E-state index contributed by atoms with van der Waals surface area (Å²) in [5.74, 6) is -1.14. The Kier molecular flexibility index (Phi) is 13.6. The Morgan fingerprint density at radius 3 is 1.75 bits per heavy atom. The highest BCUT2D eigenvalue weighted by molar-refractivity contribution is 6.25. The van der Waals surface area contributed by atoms with Gasteiger partial charge in [0, 0.05) is 62.4 Å². The Bertz CT molecular complexity index is 1650. The lowest BCUT2D eigenvalue weighted by Gasteiger charge is -2.30. The smallest absolute Gasteiger partial charge is 0.410 e. The fraction of sp³-hybridized carbons (Fsp3) is 0.595. The van der Waals surface area contributed by atoms with Gasteiger partial charge in [0.15, 0.2) is 0 Å². The molecule has 1 heterocycles. The number of nitro groups is 1. The Labute approximate surface area is 305 Å². The van der Waals surface area contributed by atoms with Gasteiger partial charge in [-0.3, -0.25) is 24.6 Å². The zero-order valence-corrected chi connectivity index (χ0v) is 31.8. The Balaban J connectivity index is 1.64. The standard InChI is InChI=1S/C37H53N5O10/c1-35(2,3)50-32(45)38-17-13-20-39(33(46)51-36(4,5)6)18-10-11-19-40(34(47)52-37(7,8)9)21-14-22-41-30(43)27-16-12-15-25-23-26(42(48)49)24-28(29(25)27)31(41)44/h12,15-16,23-24H,10-11,13-14,17-22H2,1-9H3,(H,38,45). The first kappa shape index (κ1) is 41.5. The number of rotatable bonds is 14. The molecular weight excluding hydrogens is 674 g/mol. The summed E-state index contributed by atoms with van der Waals surface area (Å²) in [5.41, 5.74) is -2.00. The van der Waals surface area contributed by atoms with Crippen LogP contribution in [0.15, 0.2) is 30.3 Å². The molecule has 1 aliphatic heterocycles. The Hall–Kier alpha value is -4.95. The van der Waals surface area contributed by atoms with Gasteiger partial charge < -0.3 is 29.3 Å². The summed E-state index contributed by atoms with van der Waals surface area (Å²) < 4.78 is 16.5. The van der Waals surface area contributed by atoms with Crippen molar-refractivity contribution >= 4 is 46.6 Å². The molecule has 15 nitrogen and oxygen atoms in total. The summed E-state index contributed by atoms with van der Waals surface area (Å²) >= 11 is 0. The summed E-state index contributed by atoms with van der Waals surface area (Å²) in [6.07, 6.45) is 0.0995. The number of benzene rings is 2. The summed E-state index contributed by atoms with van der Waals surface area (Å²) in [7, 11) is 0. The van der Waals surface area contributed by atoms with Gasteiger partial charge in [-0.25, -0.2) is 14.4 Å². The van der Waals surface area contributed by atoms with E-state index in [1.807, 2.05) is 0 Å². The second-order valence-corrected chi connectivity index (χ2v) is 15.7. The number of alkyl carbamates (subject to hydrolysis) is 1. The van der Waals surface area contributed by atoms with Crippen molar-refractivity contribution in [2.75, 3.05) is 39.3 Å². The maximum atomic E-state index is 13.5. The highest BCUT2D eigenvalue weighted by atomic mass is 16.6. The zero-order chi connectivity index (χ0) is 39.0. The summed E-state index contributed by atoms with van der Waals surface area (Å²) in [4.78, 5) is 80.3. The average Bonchev–Trinajstić information content (AvgIpc) is 3.00. The van der Waals surface area contributed by atoms with Crippen molar-refractivity contribution in [1.29, 1.82) is 0 Å². The number of hydrogen-bond acceptors (Lipinski definition) is 10. The van der Waals surface area contributed by atoms with Crippen LogP contribution in [0.4, 0.5) is 20.1 Å². The predicted octanol–water partition coefficient (Wildman–Crippen LogP) is 6.90. The van der Waals surface area contributed by atoms with Crippen molar-refractivity contribution in [2.24, 2.45) is 0 Å². The first-order valence-electron chi connectivity index (χ1n) is 17.6. The van der Waals surface area contributed by atoms with Gasteiger partial charge in [-0.05, 0) is 99.4 Å². The zero-order valence-electron chi connectivity index (χ0n) is 31.8. The molecule has 2 aromatic rings. The largest absolute Gasteiger partial charge is 0.444 e. The summed E-state index contributed by atoms with van der Waals surface area (Å²) in [6.45, 7) is 17.2. The van der Waals surface area contributed by atoms with Crippen molar-refractivity contribution < 1.29 is 43.1 Å². The monoisotopic (exact) mass is 727 g/mol. The highest BCUT2D eigenvalue weighted by Gasteiger charge is 2.34. The predicted molar refractivity (Wildman–Crippen MR) is 194 cm³/mol. The minimum atomic E-state index is -0.772. The van der Waals surface area contributed by atoms with Crippen LogP contribution in [-0.4, -0.2) is 106 Å². The lowest BCUT2D eigenvalue weighted by atomic mass is 9.93. The number of imide groups is 1. The first-order chi connectivity index (χ1) is 24.1. The van der Waals surface area contributed by atoms with Gasteiger partial charge in [0.25, 0.3) is 17.5 Å². The minimum absolute atomic E-state index is 0.0285. The van der Waals surface area contributed by atoms with Gasteiger partial charge in [-0.15, -0.1) is 0 Å². The maximum Gasteiger partial charge on any atom is 0.410 e. The number of hydrogen-bond donors (Lipinski definition) is 1. The molecule has 0 saturated heterocycles. The minimum Gasteiger partial charge on any atom is -0.444 e. The number of amides is 5. The van der Waals surface area contributed by atoms with Crippen LogP contribution in [0.1, 0.15) is 109 Å².